The van der Waals surface area contributed by atoms with E-state index in [-0.39, 0.29) is 12.3 Å². The Hall–Kier alpha value is -1.10. The maximum absolute atomic E-state index is 11.3. The summed E-state index contributed by atoms with van der Waals surface area (Å²) in [5, 5.41) is 8.72. The van der Waals surface area contributed by atoms with Gasteiger partial charge in [-0.05, 0) is 6.42 Å². The van der Waals surface area contributed by atoms with Crippen LogP contribution < -0.4 is 0 Å². The first-order chi connectivity index (χ1) is 6.65. The molecule has 1 aliphatic heterocycles. The van der Waals surface area contributed by atoms with Crippen LogP contribution in [0, 0.1) is 5.92 Å². The highest BCUT2D eigenvalue weighted by atomic mass is 16.5. The third-order valence-electron chi connectivity index (χ3n) is 2.34. The molecule has 14 heavy (non-hydrogen) atoms. The maximum atomic E-state index is 11.3. The average molecular weight is 201 g/mol. The van der Waals surface area contributed by atoms with Crippen molar-refractivity contribution in [1.82, 2.24) is 4.90 Å². The van der Waals surface area contributed by atoms with Gasteiger partial charge in [0, 0.05) is 33.2 Å². The minimum Gasteiger partial charge on any atom is -0.481 e. The average Bonchev–Trinajstić information content (AvgIpc) is 2.49. The second-order valence-electron chi connectivity index (χ2n) is 3.43. The van der Waals surface area contributed by atoms with Crippen LogP contribution in [-0.2, 0) is 14.3 Å². The molecule has 1 atom stereocenters. The highest BCUT2D eigenvalue weighted by molar-refractivity contribution is 5.86. The Morgan fingerprint density at radius 1 is 1.71 bits per heavy atom. The molecule has 0 radical (unpaired) electrons. The van der Waals surface area contributed by atoms with Crippen LogP contribution >= 0.6 is 0 Å². The van der Waals surface area contributed by atoms with Crippen molar-refractivity contribution in [2.75, 3.05) is 26.8 Å². The van der Waals surface area contributed by atoms with Gasteiger partial charge >= 0.3 is 5.97 Å². The highest BCUT2D eigenvalue weighted by Gasteiger charge is 2.33. The molecule has 1 rings (SSSR count). The summed E-state index contributed by atoms with van der Waals surface area (Å²) in [6.45, 7) is 1.54. The molecule has 5 heteroatoms. The summed E-state index contributed by atoms with van der Waals surface area (Å²) in [6.07, 6.45) is 0.900. The topological polar surface area (TPSA) is 66.8 Å². The molecular formula is C9H15NO4. The number of ether oxygens (including phenoxy) is 1. The molecule has 1 aliphatic rings. The fraction of sp³-hybridized carbons (Fsp3) is 0.778. The van der Waals surface area contributed by atoms with Crippen molar-refractivity contribution in [3.05, 3.63) is 0 Å². The van der Waals surface area contributed by atoms with E-state index in [1.54, 1.807) is 12.0 Å². The third-order valence-corrected chi connectivity index (χ3v) is 2.34. The lowest BCUT2D eigenvalue weighted by molar-refractivity contribution is -0.141. The number of amides is 1. The van der Waals surface area contributed by atoms with E-state index < -0.39 is 11.9 Å². The number of hydrogen-bond acceptors (Lipinski definition) is 3. The number of carbonyl (C=O) groups excluding carboxylic acids is 1. The molecule has 0 bridgehead atoms. The van der Waals surface area contributed by atoms with Gasteiger partial charge in [0.1, 0.15) is 0 Å². The summed E-state index contributed by atoms with van der Waals surface area (Å²) < 4.78 is 4.86. The molecular weight excluding hydrogens is 186 g/mol. The second kappa shape index (κ2) is 4.95. The number of hydrogen-bond donors (Lipinski definition) is 1. The quantitative estimate of drug-likeness (QED) is 0.633. The maximum Gasteiger partial charge on any atom is 0.308 e. The van der Waals surface area contributed by atoms with Crippen LogP contribution in [0.2, 0.25) is 0 Å². The van der Waals surface area contributed by atoms with Crippen LogP contribution in [0.1, 0.15) is 12.8 Å². The Kier molecular flexibility index (Phi) is 3.88. The van der Waals surface area contributed by atoms with Gasteiger partial charge < -0.3 is 14.7 Å². The summed E-state index contributed by atoms with van der Waals surface area (Å²) in [5.74, 6) is -1.47. The van der Waals surface area contributed by atoms with Gasteiger partial charge in [0.2, 0.25) is 5.91 Å². The Bertz CT molecular complexity index is 229. The van der Waals surface area contributed by atoms with Gasteiger partial charge in [0.25, 0.3) is 0 Å². The van der Waals surface area contributed by atoms with Crippen LogP contribution in [0.15, 0.2) is 0 Å². The van der Waals surface area contributed by atoms with Crippen molar-refractivity contribution < 1.29 is 19.4 Å². The number of carbonyl (C=O) groups is 2. The molecule has 0 aromatic heterocycles. The lowest BCUT2D eigenvalue weighted by atomic mass is 10.1. The molecule has 0 aliphatic carbocycles. The smallest absolute Gasteiger partial charge is 0.308 e. The van der Waals surface area contributed by atoms with Gasteiger partial charge in [-0.3, -0.25) is 9.59 Å². The van der Waals surface area contributed by atoms with Crippen LogP contribution in [0.5, 0.6) is 0 Å². The summed E-state index contributed by atoms with van der Waals surface area (Å²) in [6, 6.07) is 0. The van der Waals surface area contributed by atoms with E-state index in [9.17, 15) is 9.59 Å². The van der Waals surface area contributed by atoms with E-state index in [1.165, 1.54) is 0 Å². The summed E-state index contributed by atoms with van der Waals surface area (Å²) in [5.41, 5.74) is 0. The summed E-state index contributed by atoms with van der Waals surface area (Å²) in [4.78, 5) is 23.5. The molecule has 0 spiro atoms. The van der Waals surface area contributed by atoms with Crippen molar-refractivity contribution >= 4 is 11.9 Å². The monoisotopic (exact) mass is 201 g/mol. The van der Waals surface area contributed by atoms with Gasteiger partial charge in [0.15, 0.2) is 0 Å². The number of rotatable bonds is 5. The van der Waals surface area contributed by atoms with Crippen LogP contribution in [0.25, 0.3) is 0 Å². The zero-order chi connectivity index (χ0) is 10.6. The molecule has 80 valence electrons. The number of carboxylic acid groups (broad SMARTS) is 1. The number of methoxy groups -OCH3 is 1. The number of carboxylic acids is 1. The first-order valence-electron chi connectivity index (χ1n) is 4.64. The molecule has 1 fully saturated rings. The van der Waals surface area contributed by atoms with E-state index in [1.807, 2.05) is 0 Å². The lowest BCUT2D eigenvalue weighted by Crippen LogP contribution is -2.27. The zero-order valence-electron chi connectivity index (χ0n) is 8.23. The van der Waals surface area contributed by atoms with Gasteiger partial charge in [0.05, 0.1) is 5.92 Å². The normalized spacial score (nSPS) is 21.6. The molecule has 1 amide bonds. The lowest BCUT2D eigenvalue weighted by Gasteiger charge is -2.15. The largest absolute Gasteiger partial charge is 0.481 e. The van der Waals surface area contributed by atoms with Crippen molar-refractivity contribution in [2.45, 2.75) is 12.8 Å². The van der Waals surface area contributed by atoms with Crippen LogP contribution in [0.3, 0.4) is 0 Å². The minimum absolute atomic E-state index is 0.0616. The Balaban J connectivity index is 2.33. The molecule has 0 unspecified atom stereocenters. The molecule has 0 saturated carbocycles. The van der Waals surface area contributed by atoms with Crippen molar-refractivity contribution in [2.24, 2.45) is 5.92 Å². The zero-order valence-corrected chi connectivity index (χ0v) is 8.23. The molecule has 1 N–H and O–H groups in total. The fourth-order valence-electron chi connectivity index (χ4n) is 1.55. The van der Waals surface area contributed by atoms with Crippen molar-refractivity contribution in [1.29, 1.82) is 0 Å². The first kappa shape index (κ1) is 11.0. The molecule has 0 aromatic carbocycles. The van der Waals surface area contributed by atoms with Gasteiger partial charge in [-0.15, -0.1) is 0 Å². The van der Waals surface area contributed by atoms with E-state index in [0.29, 0.717) is 19.7 Å². The van der Waals surface area contributed by atoms with Crippen molar-refractivity contribution in [3.8, 4) is 0 Å². The molecule has 1 saturated heterocycles. The van der Waals surface area contributed by atoms with E-state index in [2.05, 4.69) is 0 Å². The van der Waals surface area contributed by atoms with Gasteiger partial charge in [-0.2, -0.15) is 0 Å². The van der Waals surface area contributed by atoms with E-state index in [4.69, 9.17) is 9.84 Å². The Labute approximate surface area is 82.6 Å². The number of likely N-dealkylation sites (tertiary alicyclic amines) is 1. The van der Waals surface area contributed by atoms with Crippen molar-refractivity contribution in [3.63, 3.8) is 0 Å². The Morgan fingerprint density at radius 2 is 2.43 bits per heavy atom. The van der Waals surface area contributed by atoms with E-state index >= 15 is 0 Å². The molecule has 5 nitrogen and oxygen atoms in total. The molecule has 0 aromatic rings. The number of aliphatic carboxylic acids is 1. The second-order valence-corrected chi connectivity index (χ2v) is 3.43. The highest BCUT2D eigenvalue weighted by Crippen LogP contribution is 2.17. The van der Waals surface area contributed by atoms with Gasteiger partial charge in [-0.1, -0.05) is 0 Å². The first-order valence-corrected chi connectivity index (χ1v) is 4.64. The predicted molar refractivity (Wildman–Crippen MR) is 48.8 cm³/mol. The van der Waals surface area contributed by atoms with E-state index in [0.717, 1.165) is 6.42 Å². The van der Waals surface area contributed by atoms with Crippen LogP contribution in [-0.4, -0.2) is 48.7 Å². The summed E-state index contributed by atoms with van der Waals surface area (Å²) in [7, 11) is 1.60. The Morgan fingerprint density at radius 3 is 2.93 bits per heavy atom. The third kappa shape index (κ3) is 2.70. The van der Waals surface area contributed by atoms with Gasteiger partial charge in [-0.25, -0.2) is 0 Å². The molecule has 1 heterocycles. The predicted octanol–water partition coefficient (Wildman–Crippen LogP) is -0.0440. The number of nitrogens with zero attached hydrogens (tertiary/aromatic N) is 1. The SMILES string of the molecule is COCCCN1C[C@H](C(=O)O)CC1=O. The minimum atomic E-state index is -0.882. The summed E-state index contributed by atoms with van der Waals surface area (Å²) >= 11 is 0. The fourth-order valence-corrected chi connectivity index (χ4v) is 1.55. The van der Waals surface area contributed by atoms with Crippen LogP contribution in [0.4, 0.5) is 0 Å². The standard InChI is InChI=1S/C9H15NO4/c1-14-4-2-3-10-6-7(9(12)13)5-8(10)11/h7H,2-6H2,1H3,(H,12,13)/t7-/m1/s1.